The first-order valence-electron chi connectivity index (χ1n) is 8.51. The maximum Gasteiger partial charge on any atom is 0.311 e. The average Bonchev–Trinajstić information content (AvgIpc) is 3.11. The van der Waals surface area contributed by atoms with Gasteiger partial charge in [0.1, 0.15) is 0 Å². The predicted molar refractivity (Wildman–Crippen MR) is 118 cm³/mol. The van der Waals surface area contributed by atoms with Crippen LogP contribution in [0.4, 0.5) is 0 Å². The van der Waals surface area contributed by atoms with Gasteiger partial charge < -0.3 is 10.6 Å². The van der Waals surface area contributed by atoms with Crippen molar-refractivity contribution in [2.45, 2.75) is 20.3 Å². The zero-order chi connectivity index (χ0) is 20.1. The Balaban J connectivity index is 0.000000367. The number of benzene rings is 2. The first kappa shape index (κ1) is 24.1. The van der Waals surface area contributed by atoms with E-state index in [9.17, 15) is 9.90 Å². The zero-order valence-electron chi connectivity index (χ0n) is 15.7. The van der Waals surface area contributed by atoms with Crippen LogP contribution in [0.15, 0.2) is 70.1 Å². The minimum atomic E-state index is -0.721. The lowest BCUT2D eigenvalue weighted by Gasteiger charge is -2.15. The summed E-state index contributed by atoms with van der Waals surface area (Å²) < 4.78 is 0.814. The molecule has 28 heavy (non-hydrogen) atoms. The van der Waals surface area contributed by atoms with E-state index in [0.717, 1.165) is 8.96 Å². The summed E-state index contributed by atoms with van der Waals surface area (Å²) in [6, 6.07) is 21.0. The van der Waals surface area contributed by atoms with Gasteiger partial charge in [-0.15, -0.1) is 0 Å². The first-order valence-corrected chi connectivity index (χ1v) is 10.1. The molecule has 3 rings (SSSR count). The number of hydrogen-bond acceptors (Lipinski definition) is 2. The molecule has 0 heterocycles. The minimum absolute atomic E-state index is 0. The molecule has 1 fully saturated rings. The molecule has 0 saturated heterocycles. The van der Waals surface area contributed by atoms with Gasteiger partial charge in [-0.3, -0.25) is 4.79 Å². The van der Waals surface area contributed by atoms with Crippen LogP contribution in [0.2, 0.25) is 0 Å². The van der Waals surface area contributed by atoms with E-state index in [1.165, 1.54) is 0 Å². The summed E-state index contributed by atoms with van der Waals surface area (Å²) >= 11 is 6.68. The molecule has 0 amide bonds. The molecule has 6 heteroatoms. The normalized spacial score (nSPS) is 21.0. The molecule has 2 aromatic carbocycles. The highest BCUT2D eigenvalue weighted by atomic mass is 79.9. The highest BCUT2D eigenvalue weighted by Crippen LogP contribution is 2.71. The lowest BCUT2D eigenvalue weighted by molar-refractivity contribution is -0.145. The van der Waals surface area contributed by atoms with E-state index in [4.69, 9.17) is 5.26 Å². The number of rotatable bonds is 4. The Hall–Kier alpha value is -1.94. The maximum atomic E-state index is 11.8. The molecule has 1 aliphatic carbocycles. The Kier molecular flexibility index (Phi) is 8.62. The quantitative estimate of drug-likeness (QED) is 0.605. The van der Waals surface area contributed by atoms with Crippen LogP contribution >= 0.6 is 31.9 Å². The largest absolute Gasteiger partial charge is 0.481 e. The fourth-order valence-electron chi connectivity index (χ4n) is 3.62. The van der Waals surface area contributed by atoms with Crippen molar-refractivity contribution in [2.75, 3.05) is 0 Å². The molecule has 148 valence electrons. The Labute approximate surface area is 182 Å². The van der Waals surface area contributed by atoms with Crippen LogP contribution in [0, 0.1) is 28.1 Å². The van der Waals surface area contributed by atoms with Crippen LogP contribution in [-0.4, -0.2) is 16.6 Å². The van der Waals surface area contributed by atoms with Gasteiger partial charge in [0, 0.05) is 5.92 Å². The molecule has 3 N–H and O–H groups in total. The van der Waals surface area contributed by atoms with Crippen LogP contribution in [0.5, 0.6) is 0 Å². The number of carboxylic acids is 1. The van der Waals surface area contributed by atoms with E-state index in [0.29, 0.717) is 12.0 Å². The minimum Gasteiger partial charge on any atom is -0.481 e. The van der Waals surface area contributed by atoms with Crippen molar-refractivity contribution in [2.24, 2.45) is 16.7 Å². The third kappa shape index (κ3) is 5.11. The predicted octanol–water partition coefficient (Wildman–Crippen LogP) is 5.32. The fourth-order valence-corrected chi connectivity index (χ4v) is 4.15. The monoisotopic (exact) mass is 507 g/mol. The Bertz CT molecular complexity index is 856. The van der Waals surface area contributed by atoms with Gasteiger partial charge in [0.2, 0.25) is 0 Å². The molecule has 0 radical (unpaired) electrons. The molecule has 1 aliphatic rings. The number of aliphatic carboxylic acids is 1. The van der Waals surface area contributed by atoms with Crippen molar-refractivity contribution in [3.05, 3.63) is 81.3 Å². The van der Waals surface area contributed by atoms with Crippen LogP contribution in [-0.2, 0) is 11.2 Å². The lowest BCUT2D eigenvalue weighted by Crippen LogP contribution is -2.24. The van der Waals surface area contributed by atoms with Crippen molar-refractivity contribution in [3.8, 4) is 6.07 Å². The number of halogens is 2. The van der Waals surface area contributed by atoms with Crippen molar-refractivity contribution < 1.29 is 15.4 Å². The molecule has 0 aromatic heterocycles. The van der Waals surface area contributed by atoms with Gasteiger partial charge in [-0.05, 0) is 61.4 Å². The van der Waals surface area contributed by atoms with E-state index in [2.05, 4.69) is 31.9 Å². The first-order chi connectivity index (χ1) is 12.8. The van der Waals surface area contributed by atoms with Gasteiger partial charge in [-0.25, -0.2) is 0 Å². The molecule has 2 aromatic rings. The third-order valence-electron chi connectivity index (χ3n) is 5.28. The van der Waals surface area contributed by atoms with E-state index < -0.39 is 11.4 Å². The SMILES string of the molecule is CC1(C)[C@@H](C=C(Br)Br)[C@@]1(Cc1ccccc1)C(=O)O.N#Cc1ccccc1.O. The molecule has 0 unspecified atom stereocenters. The number of carboxylic acid groups (broad SMARTS) is 1. The molecule has 0 bridgehead atoms. The van der Waals surface area contributed by atoms with Crippen LogP contribution < -0.4 is 0 Å². The smallest absolute Gasteiger partial charge is 0.311 e. The zero-order valence-corrected chi connectivity index (χ0v) is 18.9. The van der Waals surface area contributed by atoms with Crippen LogP contribution in [0.3, 0.4) is 0 Å². The van der Waals surface area contributed by atoms with E-state index in [1.807, 2.05) is 74.5 Å². The van der Waals surface area contributed by atoms with Crippen molar-refractivity contribution in [1.82, 2.24) is 0 Å². The van der Waals surface area contributed by atoms with Gasteiger partial charge in [0.25, 0.3) is 0 Å². The number of carbonyl (C=O) groups is 1. The van der Waals surface area contributed by atoms with Crippen LogP contribution in [0.25, 0.3) is 0 Å². The molecular weight excluding hydrogens is 486 g/mol. The topological polar surface area (TPSA) is 92.6 Å². The highest BCUT2D eigenvalue weighted by molar-refractivity contribution is 9.28. The lowest BCUT2D eigenvalue weighted by atomic mass is 9.88. The molecule has 2 atom stereocenters. The Morgan fingerprint density at radius 1 is 1.11 bits per heavy atom. The summed E-state index contributed by atoms with van der Waals surface area (Å²) in [5.74, 6) is -0.699. The summed E-state index contributed by atoms with van der Waals surface area (Å²) in [6.07, 6.45) is 2.52. The summed E-state index contributed by atoms with van der Waals surface area (Å²) in [7, 11) is 0. The average molecular weight is 509 g/mol. The second-order valence-electron chi connectivity index (χ2n) is 7.07. The summed E-state index contributed by atoms with van der Waals surface area (Å²) in [5.41, 5.74) is 0.815. The standard InChI is InChI=1S/C15H16Br2O2.C7H5N.H2O/c1-14(2)11(8-12(16)17)15(14,13(18)19)9-10-6-4-3-5-7-10;8-6-7-4-2-1-3-5-7;/h3-8,11H,9H2,1-2H3,(H,18,19);1-5H;1H2/t11-,15+;;/m1../s1. The fraction of sp³-hybridized carbons (Fsp3) is 0.273. The summed E-state index contributed by atoms with van der Waals surface area (Å²) in [6.45, 7) is 4.04. The summed E-state index contributed by atoms with van der Waals surface area (Å²) in [4.78, 5) is 11.8. The number of nitriles is 1. The maximum absolute atomic E-state index is 11.8. The van der Waals surface area contributed by atoms with Gasteiger partial charge in [-0.2, -0.15) is 5.26 Å². The third-order valence-corrected chi connectivity index (χ3v) is 5.81. The van der Waals surface area contributed by atoms with Crippen molar-refractivity contribution >= 4 is 37.8 Å². The second kappa shape index (κ2) is 10.0. The second-order valence-corrected chi connectivity index (χ2v) is 9.85. The molecule has 1 saturated carbocycles. The van der Waals surface area contributed by atoms with Gasteiger partial charge in [-0.1, -0.05) is 68.5 Å². The van der Waals surface area contributed by atoms with Gasteiger partial charge in [0.15, 0.2) is 0 Å². The highest BCUT2D eigenvalue weighted by Gasteiger charge is 2.74. The molecule has 4 nitrogen and oxygen atoms in total. The Morgan fingerprint density at radius 3 is 2.00 bits per heavy atom. The summed E-state index contributed by atoms with van der Waals surface area (Å²) in [5, 5.41) is 18.0. The molecule has 0 aliphatic heterocycles. The van der Waals surface area contributed by atoms with E-state index in [-0.39, 0.29) is 16.8 Å². The number of hydrogen-bond donors (Lipinski definition) is 1. The van der Waals surface area contributed by atoms with E-state index >= 15 is 0 Å². The number of allylic oxidation sites excluding steroid dienone is 1. The molecular formula is C22H23Br2NO3. The van der Waals surface area contributed by atoms with Gasteiger partial charge in [0.05, 0.1) is 20.4 Å². The number of nitrogens with zero attached hydrogens (tertiary/aromatic N) is 1. The molecule has 0 spiro atoms. The van der Waals surface area contributed by atoms with Crippen molar-refractivity contribution in [1.29, 1.82) is 5.26 Å². The van der Waals surface area contributed by atoms with Crippen LogP contribution in [0.1, 0.15) is 25.0 Å². The Morgan fingerprint density at radius 2 is 1.61 bits per heavy atom. The van der Waals surface area contributed by atoms with Gasteiger partial charge >= 0.3 is 5.97 Å². The van der Waals surface area contributed by atoms with E-state index in [1.54, 1.807) is 12.1 Å². The van der Waals surface area contributed by atoms with Crippen molar-refractivity contribution in [3.63, 3.8) is 0 Å².